The highest BCUT2D eigenvalue weighted by Crippen LogP contribution is 2.33. The monoisotopic (exact) mass is 403 g/mol. The van der Waals surface area contributed by atoms with E-state index in [-0.39, 0.29) is 27.0 Å². The predicted molar refractivity (Wildman–Crippen MR) is 87.0 cm³/mol. The number of nitrogens with zero attached hydrogens (tertiary/aromatic N) is 1. The third kappa shape index (κ3) is 3.58. The van der Waals surface area contributed by atoms with Crippen LogP contribution in [0.25, 0.3) is 0 Å². The average Bonchev–Trinajstić information content (AvgIpc) is 2.42. The zero-order chi connectivity index (χ0) is 16.4. The number of aryl methyl sites for hydroxylation is 1. The van der Waals surface area contributed by atoms with Crippen LogP contribution in [0.15, 0.2) is 34.8 Å². The quantitative estimate of drug-likeness (QED) is 0.305. The number of esters is 1. The number of benzene rings is 2. The van der Waals surface area contributed by atoms with Gasteiger partial charge >= 0.3 is 5.97 Å². The maximum Gasteiger partial charge on any atom is 0.345 e. The van der Waals surface area contributed by atoms with Crippen LogP contribution in [0.5, 0.6) is 5.75 Å². The van der Waals surface area contributed by atoms with Gasteiger partial charge in [0.25, 0.3) is 5.69 Å². The van der Waals surface area contributed by atoms with Gasteiger partial charge in [0.1, 0.15) is 0 Å². The molecule has 0 saturated heterocycles. The fourth-order valence-corrected chi connectivity index (χ4v) is 2.95. The maximum absolute atomic E-state index is 12.2. The van der Waals surface area contributed by atoms with Crippen molar-refractivity contribution < 1.29 is 14.5 Å². The molecule has 0 radical (unpaired) electrons. The summed E-state index contributed by atoms with van der Waals surface area (Å²) >= 11 is 15.2. The van der Waals surface area contributed by atoms with E-state index in [0.717, 1.165) is 10.5 Å². The van der Waals surface area contributed by atoms with E-state index in [4.69, 9.17) is 27.9 Å². The van der Waals surface area contributed by atoms with E-state index in [1.807, 2.05) is 0 Å². The highest BCUT2D eigenvalue weighted by molar-refractivity contribution is 9.10. The van der Waals surface area contributed by atoms with Crippen molar-refractivity contribution in [3.8, 4) is 5.75 Å². The van der Waals surface area contributed by atoms with E-state index in [9.17, 15) is 14.9 Å². The summed E-state index contributed by atoms with van der Waals surface area (Å²) in [4.78, 5) is 22.4. The molecule has 0 bridgehead atoms. The summed E-state index contributed by atoms with van der Waals surface area (Å²) < 4.78 is 5.97. The summed E-state index contributed by atoms with van der Waals surface area (Å²) in [7, 11) is 0. The fourth-order valence-electron chi connectivity index (χ4n) is 1.75. The lowest BCUT2D eigenvalue weighted by Crippen LogP contribution is -2.11. The smallest absolute Gasteiger partial charge is 0.345 e. The van der Waals surface area contributed by atoms with Crippen molar-refractivity contribution >= 4 is 50.8 Å². The number of nitro benzene ring substituents is 1. The first-order valence-corrected chi connectivity index (χ1v) is 7.46. The Balaban J connectivity index is 2.38. The van der Waals surface area contributed by atoms with Gasteiger partial charge in [-0.25, -0.2) is 4.79 Å². The van der Waals surface area contributed by atoms with Gasteiger partial charge in [0.2, 0.25) is 0 Å². The molecule has 0 aliphatic carbocycles. The van der Waals surface area contributed by atoms with Crippen molar-refractivity contribution in [3.63, 3.8) is 0 Å². The largest absolute Gasteiger partial charge is 0.421 e. The molecule has 0 fully saturated rings. The zero-order valence-corrected chi connectivity index (χ0v) is 14.2. The third-order valence-corrected chi connectivity index (χ3v) is 3.84. The minimum Gasteiger partial charge on any atom is -0.421 e. The van der Waals surface area contributed by atoms with Crippen molar-refractivity contribution in [2.45, 2.75) is 6.92 Å². The topological polar surface area (TPSA) is 69.4 Å². The van der Waals surface area contributed by atoms with Gasteiger partial charge in [-0.2, -0.15) is 0 Å². The lowest BCUT2D eigenvalue weighted by molar-refractivity contribution is -0.384. The average molecular weight is 405 g/mol. The molecule has 22 heavy (non-hydrogen) atoms. The zero-order valence-electron chi connectivity index (χ0n) is 11.1. The maximum atomic E-state index is 12.2. The first-order chi connectivity index (χ1) is 10.3. The molecule has 0 saturated carbocycles. The van der Waals surface area contributed by atoms with Crippen LogP contribution in [0.3, 0.4) is 0 Å². The summed E-state index contributed by atoms with van der Waals surface area (Å²) in [5, 5.41) is 11.1. The molecule has 114 valence electrons. The van der Waals surface area contributed by atoms with Crippen molar-refractivity contribution in [2.75, 3.05) is 0 Å². The minimum absolute atomic E-state index is 0.0569. The van der Waals surface area contributed by atoms with Crippen LogP contribution < -0.4 is 4.74 Å². The van der Waals surface area contributed by atoms with Crippen LogP contribution in [0, 0.1) is 17.0 Å². The Morgan fingerprint density at radius 1 is 1.23 bits per heavy atom. The van der Waals surface area contributed by atoms with Gasteiger partial charge in [0.15, 0.2) is 5.75 Å². The van der Waals surface area contributed by atoms with Crippen molar-refractivity contribution in [2.24, 2.45) is 0 Å². The molecule has 2 aromatic carbocycles. The number of carbonyl (C=O) groups is 1. The molecule has 0 aliphatic heterocycles. The van der Waals surface area contributed by atoms with E-state index in [1.165, 1.54) is 12.1 Å². The number of nitro groups is 1. The fraction of sp³-hybridized carbons (Fsp3) is 0.0714. The van der Waals surface area contributed by atoms with Gasteiger partial charge in [-0.05, 0) is 30.7 Å². The number of non-ortho nitro benzene ring substituents is 1. The molecule has 0 atom stereocenters. The lowest BCUT2D eigenvalue weighted by Gasteiger charge is -2.10. The molecule has 0 heterocycles. The van der Waals surface area contributed by atoms with Crippen molar-refractivity contribution in [1.29, 1.82) is 0 Å². The molecule has 8 heteroatoms. The molecule has 0 N–H and O–H groups in total. The van der Waals surface area contributed by atoms with Crippen LogP contribution in [-0.4, -0.2) is 10.9 Å². The molecule has 0 aliphatic rings. The van der Waals surface area contributed by atoms with Gasteiger partial charge in [0.05, 0.1) is 20.5 Å². The van der Waals surface area contributed by atoms with E-state index in [2.05, 4.69) is 15.9 Å². The van der Waals surface area contributed by atoms with Crippen LogP contribution in [0.4, 0.5) is 5.69 Å². The second-order valence-corrected chi connectivity index (χ2v) is 6.07. The summed E-state index contributed by atoms with van der Waals surface area (Å²) in [5.41, 5.74) is 0.276. The number of ether oxygens (including phenoxy) is 1. The summed E-state index contributed by atoms with van der Waals surface area (Å²) in [5.74, 6) is -0.640. The second-order valence-electron chi connectivity index (χ2n) is 4.34. The Morgan fingerprint density at radius 3 is 2.50 bits per heavy atom. The highest BCUT2D eigenvalue weighted by atomic mass is 79.9. The van der Waals surface area contributed by atoms with Gasteiger partial charge in [-0.1, -0.05) is 39.1 Å². The van der Waals surface area contributed by atoms with Crippen LogP contribution >= 0.6 is 39.1 Å². The van der Waals surface area contributed by atoms with E-state index >= 15 is 0 Å². The number of hydrogen-bond acceptors (Lipinski definition) is 4. The molecule has 2 aromatic rings. The minimum atomic E-state index is -0.818. The third-order valence-electron chi connectivity index (χ3n) is 2.77. The van der Waals surface area contributed by atoms with Gasteiger partial charge < -0.3 is 4.74 Å². The first kappa shape index (κ1) is 16.7. The van der Waals surface area contributed by atoms with Gasteiger partial charge in [0, 0.05) is 16.6 Å². The number of halogens is 3. The van der Waals surface area contributed by atoms with Gasteiger partial charge in [-0.3, -0.25) is 10.1 Å². The Bertz CT molecular complexity index is 756. The second kappa shape index (κ2) is 6.64. The Morgan fingerprint density at radius 2 is 1.91 bits per heavy atom. The first-order valence-electron chi connectivity index (χ1n) is 5.91. The predicted octanol–water partition coefficient (Wildman–Crippen LogP) is 5.19. The number of rotatable bonds is 3. The summed E-state index contributed by atoms with van der Waals surface area (Å²) in [6.07, 6.45) is 0. The molecule has 0 aromatic heterocycles. The van der Waals surface area contributed by atoms with Crippen LogP contribution in [-0.2, 0) is 0 Å². The number of carbonyl (C=O) groups excluding carboxylic acids is 1. The van der Waals surface area contributed by atoms with Crippen molar-refractivity contribution in [1.82, 2.24) is 0 Å². The molecule has 2 rings (SSSR count). The van der Waals surface area contributed by atoms with E-state index in [1.54, 1.807) is 19.1 Å². The number of hydrogen-bond donors (Lipinski definition) is 0. The van der Waals surface area contributed by atoms with E-state index in [0.29, 0.717) is 5.56 Å². The SMILES string of the molecule is Cc1cc(Br)cc(Cl)c1OC(=O)c1cc([N+](=O)[O-])ccc1Cl. The standard InChI is InChI=1S/C14H8BrCl2NO4/c1-7-4-8(15)5-12(17)13(7)22-14(19)10-6-9(18(20)21)2-3-11(10)16/h2-6H,1H3. The Hall–Kier alpha value is -1.63. The molecular weight excluding hydrogens is 397 g/mol. The highest BCUT2D eigenvalue weighted by Gasteiger charge is 2.19. The molecule has 5 nitrogen and oxygen atoms in total. The van der Waals surface area contributed by atoms with E-state index < -0.39 is 10.9 Å². The lowest BCUT2D eigenvalue weighted by atomic mass is 10.2. The Labute approximate surface area is 144 Å². The van der Waals surface area contributed by atoms with Crippen molar-refractivity contribution in [3.05, 3.63) is 66.1 Å². The molecule has 0 amide bonds. The normalized spacial score (nSPS) is 10.4. The molecule has 0 spiro atoms. The van der Waals surface area contributed by atoms with Crippen LogP contribution in [0.1, 0.15) is 15.9 Å². The molecular formula is C14H8BrCl2NO4. The Kier molecular flexibility index (Phi) is 5.05. The molecule has 0 unspecified atom stereocenters. The summed E-state index contributed by atoms with van der Waals surface area (Å²) in [6, 6.07) is 6.84. The summed E-state index contributed by atoms with van der Waals surface area (Å²) in [6.45, 7) is 1.72. The van der Waals surface area contributed by atoms with Gasteiger partial charge in [-0.15, -0.1) is 0 Å². The van der Waals surface area contributed by atoms with Crippen LogP contribution in [0.2, 0.25) is 10.0 Å².